The first-order valence-electron chi connectivity index (χ1n) is 11.0. The molecule has 180 valence electrons. The zero-order chi connectivity index (χ0) is 24.9. The van der Waals surface area contributed by atoms with Crippen LogP contribution in [-0.2, 0) is 20.9 Å². The molecule has 6 heteroatoms. The molecule has 0 fully saturated rings. The number of methoxy groups -OCH3 is 2. The summed E-state index contributed by atoms with van der Waals surface area (Å²) >= 11 is 0. The van der Waals surface area contributed by atoms with Crippen LogP contribution in [0.15, 0.2) is 60.7 Å². The maximum Gasteiger partial charge on any atom is 0.339 e. The summed E-state index contributed by atoms with van der Waals surface area (Å²) in [5, 5.41) is 0. The lowest BCUT2D eigenvalue weighted by atomic mass is 9.90. The van der Waals surface area contributed by atoms with E-state index in [-0.39, 0.29) is 5.82 Å². The van der Waals surface area contributed by atoms with E-state index in [2.05, 4.69) is 0 Å². The Bertz CT molecular complexity index is 1120. The molecule has 0 aliphatic heterocycles. The molecule has 3 aromatic carbocycles. The van der Waals surface area contributed by atoms with Crippen LogP contribution in [0, 0.1) is 12.7 Å². The molecule has 0 aliphatic carbocycles. The Morgan fingerprint density at radius 1 is 0.941 bits per heavy atom. The topological polar surface area (TPSA) is 54.0 Å². The second-order valence-electron chi connectivity index (χ2n) is 8.95. The first kappa shape index (κ1) is 25.2. The maximum atomic E-state index is 13.7. The SMILES string of the molecule is COC(=O)C(OC(C)(C)C)c1c(C)ccc(OCc2ccc(OC)cc2)c1-c1ccc(F)cc1. The summed E-state index contributed by atoms with van der Waals surface area (Å²) in [6, 6.07) is 17.4. The van der Waals surface area contributed by atoms with Crippen molar-refractivity contribution in [2.75, 3.05) is 14.2 Å². The number of carbonyl (C=O) groups is 1. The second kappa shape index (κ2) is 10.7. The van der Waals surface area contributed by atoms with E-state index in [0.29, 0.717) is 29.0 Å². The molecule has 5 nitrogen and oxygen atoms in total. The van der Waals surface area contributed by atoms with Crippen LogP contribution in [0.1, 0.15) is 43.6 Å². The van der Waals surface area contributed by atoms with Gasteiger partial charge in [-0.15, -0.1) is 0 Å². The van der Waals surface area contributed by atoms with Gasteiger partial charge >= 0.3 is 5.97 Å². The Morgan fingerprint density at radius 2 is 1.59 bits per heavy atom. The Morgan fingerprint density at radius 3 is 2.15 bits per heavy atom. The van der Waals surface area contributed by atoms with Crippen molar-refractivity contribution in [2.24, 2.45) is 0 Å². The predicted octanol–water partition coefficient (Wildman–Crippen LogP) is 6.42. The van der Waals surface area contributed by atoms with E-state index in [4.69, 9.17) is 18.9 Å². The van der Waals surface area contributed by atoms with E-state index in [0.717, 1.165) is 16.9 Å². The molecule has 0 N–H and O–H groups in total. The van der Waals surface area contributed by atoms with Crippen LogP contribution in [0.5, 0.6) is 11.5 Å². The van der Waals surface area contributed by atoms with Crippen molar-refractivity contribution in [3.05, 3.63) is 83.2 Å². The smallest absolute Gasteiger partial charge is 0.339 e. The fourth-order valence-corrected chi connectivity index (χ4v) is 3.64. The molecule has 0 saturated heterocycles. The molecule has 0 saturated carbocycles. The molecule has 1 unspecified atom stereocenters. The highest BCUT2D eigenvalue weighted by atomic mass is 19.1. The van der Waals surface area contributed by atoms with Gasteiger partial charge in [-0.3, -0.25) is 0 Å². The lowest BCUT2D eigenvalue weighted by Crippen LogP contribution is -2.29. The van der Waals surface area contributed by atoms with E-state index in [9.17, 15) is 9.18 Å². The van der Waals surface area contributed by atoms with Gasteiger partial charge in [0.1, 0.15) is 23.9 Å². The predicted molar refractivity (Wildman–Crippen MR) is 129 cm³/mol. The van der Waals surface area contributed by atoms with Gasteiger partial charge in [-0.05, 0) is 74.7 Å². The molecular weight excluding hydrogens is 435 g/mol. The molecule has 0 amide bonds. The van der Waals surface area contributed by atoms with E-state index in [1.165, 1.54) is 19.2 Å². The lowest BCUT2D eigenvalue weighted by Gasteiger charge is -2.29. The fraction of sp³-hybridized carbons (Fsp3) is 0.321. The fourth-order valence-electron chi connectivity index (χ4n) is 3.64. The summed E-state index contributed by atoms with van der Waals surface area (Å²) in [6.07, 6.45) is -0.991. The number of hydrogen-bond acceptors (Lipinski definition) is 5. The lowest BCUT2D eigenvalue weighted by molar-refractivity contribution is -0.164. The van der Waals surface area contributed by atoms with Gasteiger partial charge in [-0.25, -0.2) is 9.18 Å². The van der Waals surface area contributed by atoms with E-state index >= 15 is 0 Å². The Labute approximate surface area is 200 Å². The number of halogens is 1. The molecule has 0 heterocycles. The molecule has 34 heavy (non-hydrogen) atoms. The zero-order valence-electron chi connectivity index (χ0n) is 20.5. The number of aryl methyl sites for hydroxylation is 1. The quantitative estimate of drug-likeness (QED) is 0.359. The van der Waals surface area contributed by atoms with Crippen molar-refractivity contribution in [3.8, 4) is 22.6 Å². The minimum Gasteiger partial charge on any atom is -0.497 e. The molecule has 0 radical (unpaired) electrons. The third kappa shape index (κ3) is 6.14. The van der Waals surface area contributed by atoms with Gasteiger partial charge in [0.25, 0.3) is 0 Å². The summed E-state index contributed by atoms with van der Waals surface area (Å²) in [5.74, 6) is 0.436. The van der Waals surface area contributed by atoms with Gasteiger partial charge in [0.05, 0.1) is 19.8 Å². The average molecular weight is 467 g/mol. The van der Waals surface area contributed by atoms with Crippen LogP contribution in [0.4, 0.5) is 4.39 Å². The van der Waals surface area contributed by atoms with Crippen molar-refractivity contribution in [1.82, 2.24) is 0 Å². The standard InChI is InChI=1S/C28H31FO5/c1-18-7-16-23(33-17-19-8-14-22(31-5)15-9-19)25(20-10-12-21(29)13-11-20)24(18)26(27(30)32-6)34-28(2,3)4/h7-16,26H,17H2,1-6H3. The Balaban J connectivity index is 2.13. The van der Waals surface area contributed by atoms with Crippen LogP contribution >= 0.6 is 0 Å². The maximum absolute atomic E-state index is 13.7. The first-order valence-corrected chi connectivity index (χ1v) is 11.0. The summed E-state index contributed by atoms with van der Waals surface area (Å²) in [7, 11) is 2.95. The van der Waals surface area contributed by atoms with E-state index < -0.39 is 17.7 Å². The largest absolute Gasteiger partial charge is 0.497 e. The third-order valence-electron chi connectivity index (χ3n) is 5.26. The highest BCUT2D eigenvalue weighted by Gasteiger charge is 2.33. The number of esters is 1. The van der Waals surface area contributed by atoms with Gasteiger partial charge in [-0.1, -0.05) is 30.3 Å². The molecule has 1 atom stereocenters. The van der Waals surface area contributed by atoms with Gasteiger partial charge in [0.15, 0.2) is 6.10 Å². The van der Waals surface area contributed by atoms with Crippen molar-refractivity contribution < 1.29 is 28.1 Å². The summed E-state index contributed by atoms with van der Waals surface area (Å²) in [5.41, 5.74) is 3.15. The highest BCUT2D eigenvalue weighted by Crippen LogP contribution is 2.42. The van der Waals surface area contributed by atoms with Crippen LogP contribution < -0.4 is 9.47 Å². The van der Waals surface area contributed by atoms with Gasteiger partial charge < -0.3 is 18.9 Å². The first-order chi connectivity index (χ1) is 16.1. The van der Waals surface area contributed by atoms with Crippen LogP contribution in [0.25, 0.3) is 11.1 Å². The number of carbonyl (C=O) groups excluding carboxylic acids is 1. The third-order valence-corrected chi connectivity index (χ3v) is 5.26. The Kier molecular flexibility index (Phi) is 7.94. The second-order valence-corrected chi connectivity index (χ2v) is 8.95. The van der Waals surface area contributed by atoms with Crippen LogP contribution in [0.2, 0.25) is 0 Å². The zero-order valence-corrected chi connectivity index (χ0v) is 20.5. The number of hydrogen-bond donors (Lipinski definition) is 0. The molecule has 0 spiro atoms. The minimum atomic E-state index is -0.991. The van der Waals surface area contributed by atoms with E-state index in [1.807, 2.05) is 64.1 Å². The minimum absolute atomic E-state index is 0.295. The van der Waals surface area contributed by atoms with Crippen molar-refractivity contribution in [2.45, 2.75) is 46.0 Å². The Hall–Kier alpha value is -3.38. The molecule has 3 rings (SSSR count). The summed E-state index contributed by atoms with van der Waals surface area (Å²) < 4.78 is 36.4. The van der Waals surface area contributed by atoms with Gasteiger partial charge in [-0.2, -0.15) is 0 Å². The number of rotatable bonds is 8. The summed E-state index contributed by atoms with van der Waals surface area (Å²) in [6.45, 7) is 7.82. The van der Waals surface area contributed by atoms with E-state index in [1.54, 1.807) is 19.2 Å². The number of ether oxygens (including phenoxy) is 4. The molecule has 0 aliphatic rings. The molecule has 3 aromatic rings. The van der Waals surface area contributed by atoms with Gasteiger partial charge in [0.2, 0.25) is 0 Å². The van der Waals surface area contributed by atoms with Crippen LogP contribution in [-0.4, -0.2) is 25.8 Å². The van der Waals surface area contributed by atoms with Crippen molar-refractivity contribution in [1.29, 1.82) is 0 Å². The van der Waals surface area contributed by atoms with Gasteiger partial charge in [0, 0.05) is 11.1 Å². The van der Waals surface area contributed by atoms with Crippen LogP contribution in [0.3, 0.4) is 0 Å². The highest BCUT2D eigenvalue weighted by molar-refractivity contribution is 5.84. The van der Waals surface area contributed by atoms with Crippen molar-refractivity contribution in [3.63, 3.8) is 0 Å². The average Bonchev–Trinajstić information content (AvgIpc) is 2.81. The number of benzene rings is 3. The molecular formula is C28H31FO5. The normalized spacial score (nSPS) is 12.2. The molecule has 0 aromatic heterocycles. The molecule has 0 bridgehead atoms. The van der Waals surface area contributed by atoms with Crippen molar-refractivity contribution >= 4 is 5.97 Å². The monoisotopic (exact) mass is 466 g/mol. The summed E-state index contributed by atoms with van der Waals surface area (Å²) in [4.78, 5) is 12.9.